The van der Waals surface area contributed by atoms with Crippen LogP contribution in [0.1, 0.15) is 10.4 Å². The molecule has 0 fully saturated rings. The van der Waals surface area contributed by atoms with Crippen LogP contribution in [0.15, 0.2) is 54.6 Å². The lowest BCUT2D eigenvalue weighted by Gasteiger charge is -2.11. The zero-order valence-electron chi connectivity index (χ0n) is 16.7. The number of pyridine rings is 1. The van der Waals surface area contributed by atoms with Crippen LogP contribution in [0.2, 0.25) is 5.02 Å². The van der Waals surface area contributed by atoms with Crippen molar-refractivity contribution in [2.45, 2.75) is 0 Å². The second kappa shape index (κ2) is 10.5. The number of halogens is 1. The number of benzene rings is 2. The van der Waals surface area contributed by atoms with Gasteiger partial charge in [-0.05, 0) is 18.2 Å². The quantitative estimate of drug-likeness (QED) is 0.431. The van der Waals surface area contributed by atoms with E-state index < -0.39 is 24.5 Å². The van der Waals surface area contributed by atoms with Crippen LogP contribution in [0.4, 0.5) is 4.79 Å². The number of esters is 1. The van der Waals surface area contributed by atoms with Crippen LogP contribution in [0, 0.1) is 0 Å². The van der Waals surface area contributed by atoms with Crippen molar-refractivity contribution < 1.29 is 23.9 Å². The van der Waals surface area contributed by atoms with Gasteiger partial charge in [-0.25, -0.2) is 14.6 Å². The molecule has 160 valence electrons. The third kappa shape index (κ3) is 5.78. The Morgan fingerprint density at radius 1 is 1.06 bits per heavy atom. The van der Waals surface area contributed by atoms with Gasteiger partial charge in [-0.15, -0.1) is 0 Å². The second-order valence-corrected chi connectivity index (χ2v) is 6.83. The summed E-state index contributed by atoms with van der Waals surface area (Å²) in [5, 5.41) is 5.57. The molecule has 0 unspecified atom stereocenters. The highest BCUT2D eigenvalue weighted by Gasteiger charge is 2.18. The van der Waals surface area contributed by atoms with Crippen molar-refractivity contribution >= 4 is 40.4 Å². The fraction of sp³-hybridized carbons (Fsp3) is 0.182. The van der Waals surface area contributed by atoms with Gasteiger partial charge in [-0.2, -0.15) is 0 Å². The average Bonchev–Trinajstić information content (AvgIpc) is 2.77. The number of amides is 3. The molecule has 0 saturated carbocycles. The molecule has 2 N–H and O–H groups in total. The number of ether oxygens (including phenoxy) is 2. The fourth-order valence-electron chi connectivity index (χ4n) is 2.83. The van der Waals surface area contributed by atoms with Crippen LogP contribution >= 0.6 is 11.6 Å². The largest absolute Gasteiger partial charge is 0.452 e. The summed E-state index contributed by atoms with van der Waals surface area (Å²) in [4.78, 5) is 40.8. The monoisotopic (exact) mass is 441 g/mol. The summed E-state index contributed by atoms with van der Waals surface area (Å²) >= 11 is 6.28. The van der Waals surface area contributed by atoms with Crippen molar-refractivity contribution in [3.63, 3.8) is 0 Å². The number of methoxy groups -OCH3 is 1. The third-order valence-electron chi connectivity index (χ3n) is 4.26. The normalized spacial score (nSPS) is 10.5. The van der Waals surface area contributed by atoms with Gasteiger partial charge in [-0.3, -0.25) is 10.1 Å². The lowest BCUT2D eigenvalue weighted by atomic mass is 10.0. The molecule has 0 saturated heterocycles. The second-order valence-electron chi connectivity index (χ2n) is 6.43. The highest BCUT2D eigenvalue weighted by Crippen LogP contribution is 2.30. The van der Waals surface area contributed by atoms with Crippen LogP contribution < -0.4 is 10.6 Å². The van der Waals surface area contributed by atoms with Gasteiger partial charge in [-0.1, -0.05) is 48.0 Å². The number of nitrogens with zero attached hydrogens (tertiary/aromatic N) is 1. The number of urea groups is 1. The molecule has 0 aliphatic carbocycles. The molecule has 8 nitrogen and oxygen atoms in total. The maximum Gasteiger partial charge on any atom is 0.339 e. The van der Waals surface area contributed by atoms with E-state index in [0.29, 0.717) is 33.8 Å². The summed E-state index contributed by atoms with van der Waals surface area (Å²) < 4.78 is 9.93. The number of imide groups is 1. The van der Waals surface area contributed by atoms with E-state index in [0.717, 1.165) is 0 Å². The molecule has 3 aromatic rings. The topological polar surface area (TPSA) is 107 Å². The number of para-hydroxylation sites is 1. The number of carbonyl (C=O) groups is 3. The van der Waals surface area contributed by atoms with Crippen LogP contribution in [0.3, 0.4) is 0 Å². The molecule has 2 aromatic carbocycles. The summed E-state index contributed by atoms with van der Waals surface area (Å²) in [6.07, 6.45) is 0. The van der Waals surface area contributed by atoms with E-state index in [1.807, 2.05) is 6.07 Å². The molecule has 0 aliphatic rings. The number of fused-ring (bicyclic) bond motifs is 1. The van der Waals surface area contributed by atoms with Gasteiger partial charge in [0.25, 0.3) is 5.91 Å². The Morgan fingerprint density at radius 3 is 2.58 bits per heavy atom. The van der Waals surface area contributed by atoms with Crippen molar-refractivity contribution in [2.75, 3.05) is 26.9 Å². The lowest BCUT2D eigenvalue weighted by Crippen LogP contribution is -2.42. The molecule has 0 atom stereocenters. The first-order valence-electron chi connectivity index (χ1n) is 9.38. The SMILES string of the molecule is COCCNC(=O)NC(=O)COC(=O)c1cc(-c2ccccc2Cl)nc2ccccc12. The van der Waals surface area contributed by atoms with Crippen LogP contribution in [-0.4, -0.2) is 49.8 Å². The molecular formula is C22H20ClN3O5. The first-order valence-corrected chi connectivity index (χ1v) is 9.76. The van der Waals surface area contributed by atoms with Gasteiger partial charge < -0.3 is 14.8 Å². The number of carbonyl (C=O) groups excluding carboxylic acids is 3. The minimum atomic E-state index is -0.757. The van der Waals surface area contributed by atoms with Crippen molar-refractivity contribution in [1.82, 2.24) is 15.6 Å². The Bertz CT molecular complexity index is 1120. The average molecular weight is 442 g/mol. The summed E-state index contributed by atoms with van der Waals surface area (Å²) in [6, 6.07) is 15.1. The van der Waals surface area contributed by atoms with E-state index in [9.17, 15) is 14.4 Å². The van der Waals surface area contributed by atoms with Crippen LogP contribution in [0.5, 0.6) is 0 Å². The molecule has 0 spiro atoms. The first-order chi connectivity index (χ1) is 15.0. The molecule has 0 bridgehead atoms. The third-order valence-corrected chi connectivity index (χ3v) is 4.59. The number of aromatic nitrogens is 1. The van der Waals surface area contributed by atoms with Crippen LogP contribution in [0.25, 0.3) is 22.2 Å². The van der Waals surface area contributed by atoms with Gasteiger partial charge >= 0.3 is 12.0 Å². The Balaban J connectivity index is 1.77. The molecular weight excluding hydrogens is 422 g/mol. The molecule has 1 aromatic heterocycles. The van der Waals surface area contributed by atoms with Crippen molar-refractivity contribution in [1.29, 1.82) is 0 Å². The summed E-state index contributed by atoms with van der Waals surface area (Å²) in [7, 11) is 1.49. The minimum Gasteiger partial charge on any atom is -0.452 e. The Kier molecular flexibility index (Phi) is 7.53. The zero-order chi connectivity index (χ0) is 22.2. The van der Waals surface area contributed by atoms with E-state index in [-0.39, 0.29) is 12.1 Å². The predicted molar refractivity (Wildman–Crippen MR) is 116 cm³/mol. The van der Waals surface area contributed by atoms with Gasteiger partial charge in [0.2, 0.25) is 0 Å². The minimum absolute atomic E-state index is 0.234. The number of hydrogen-bond donors (Lipinski definition) is 2. The standard InChI is InChI=1S/C22H20ClN3O5/c1-30-11-10-24-22(29)26-20(27)13-31-21(28)16-12-19(15-7-2-4-8-17(15)23)25-18-9-5-3-6-14(16)18/h2-9,12H,10-11,13H2,1H3,(H2,24,26,27,29). The van der Waals surface area contributed by atoms with E-state index in [2.05, 4.69) is 15.6 Å². The highest BCUT2D eigenvalue weighted by molar-refractivity contribution is 6.33. The smallest absolute Gasteiger partial charge is 0.339 e. The Morgan fingerprint density at radius 2 is 1.81 bits per heavy atom. The first kappa shape index (κ1) is 22.2. The Hall–Kier alpha value is -3.49. The molecule has 0 radical (unpaired) electrons. The van der Waals surface area contributed by atoms with E-state index in [1.165, 1.54) is 7.11 Å². The van der Waals surface area contributed by atoms with Crippen molar-refractivity contribution in [3.05, 3.63) is 65.2 Å². The van der Waals surface area contributed by atoms with Crippen molar-refractivity contribution in [3.8, 4) is 11.3 Å². The van der Waals surface area contributed by atoms with Gasteiger partial charge in [0, 0.05) is 29.6 Å². The summed E-state index contributed by atoms with van der Waals surface area (Å²) in [5.74, 6) is -1.48. The molecule has 3 rings (SSSR count). The van der Waals surface area contributed by atoms with Gasteiger partial charge in [0.05, 0.1) is 23.4 Å². The van der Waals surface area contributed by atoms with Crippen LogP contribution in [-0.2, 0) is 14.3 Å². The number of rotatable bonds is 7. The Labute approximate surface area is 183 Å². The molecule has 3 amide bonds. The zero-order valence-corrected chi connectivity index (χ0v) is 17.4. The van der Waals surface area contributed by atoms with E-state index in [1.54, 1.807) is 48.5 Å². The maximum atomic E-state index is 12.7. The van der Waals surface area contributed by atoms with E-state index in [4.69, 9.17) is 21.1 Å². The number of hydrogen-bond acceptors (Lipinski definition) is 6. The summed E-state index contributed by atoms with van der Waals surface area (Å²) in [6.45, 7) is -0.0721. The predicted octanol–water partition coefficient (Wildman–Crippen LogP) is 3.18. The van der Waals surface area contributed by atoms with Crippen molar-refractivity contribution in [2.24, 2.45) is 0 Å². The molecule has 9 heteroatoms. The lowest BCUT2D eigenvalue weighted by molar-refractivity contribution is -0.123. The maximum absolute atomic E-state index is 12.7. The van der Waals surface area contributed by atoms with Gasteiger partial charge in [0.1, 0.15) is 0 Å². The molecule has 0 aliphatic heterocycles. The highest BCUT2D eigenvalue weighted by atomic mass is 35.5. The van der Waals surface area contributed by atoms with Gasteiger partial charge in [0.15, 0.2) is 6.61 Å². The molecule has 31 heavy (non-hydrogen) atoms. The summed E-state index contributed by atoms with van der Waals surface area (Å²) in [5.41, 5.74) is 1.97. The number of nitrogens with one attached hydrogen (secondary N) is 2. The van der Waals surface area contributed by atoms with E-state index >= 15 is 0 Å². The fourth-order valence-corrected chi connectivity index (χ4v) is 3.07. The molecule has 1 heterocycles.